The minimum Gasteiger partial charge on any atom is -0.497 e. The van der Waals surface area contributed by atoms with E-state index in [9.17, 15) is 13.2 Å². The van der Waals surface area contributed by atoms with Crippen LogP contribution in [0, 0.1) is 0 Å². The molecule has 236 valence electrons. The zero-order valence-electron chi connectivity index (χ0n) is 25.0. The first-order chi connectivity index (χ1) is 21.8. The summed E-state index contributed by atoms with van der Waals surface area (Å²) < 4.78 is 45.2. The highest BCUT2D eigenvalue weighted by Gasteiger charge is 2.42. The number of anilines is 1. The lowest BCUT2D eigenvalue weighted by Crippen LogP contribution is -2.50. The van der Waals surface area contributed by atoms with Crippen LogP contribution in [0.3, 0.4) is 0 Å². The molecular formula is C31H34N6O6S2. The number of sulfonamides is 1. The number of nitrogens with zero attached hydrogens (tertiary/aromatic N) is 5. The highest BCUT2D eigenvalue weighted by Crippen LogP contribution is 2.38. The fourth-order valence-corrected chi connectivity index (χ4v) is 7.82. The van der Waals surface area contributed by atoms with E-state index in [-0.39, 0.29) is 17.5 Å². The van der Waals surface area contributed by atoms with Crippen molar-refractivity contribution in [2.45, 2.75) is 49.9 Å². The third-order valence-corrected chi connectivity index (χ3v) is 11.1. The van der Waals surface area contributed by atoms with Crippen molar-refractivity contribution in [1.82, 2.24) is 25.3 Å². The van der Waals surface area contributed by atoms with Gasteiger partial charge >= 0.3 is 0 Å². The summed E-state index contributed by atoms with van der Waals surface area (Å²) in [4.78, 5) is 32.0. The second-order valence-corrected chi connectivity index (χ2v) is 14.0. The SMILES string of the molecule is CCOc1cncc(-c2cnc(C(=O)NC3(c4cc(N(Cc5ccc(OC)cc5)S(=O)(=O)C5CC5)ccn4)CCOCC3)s2)n1. The van der Waals surface area contributed by atoms with Crippen LogP contribution in [0.2, 0.25) is 0 Å². The molecular weight excluding hydrogens is 617 g/mol. The molecule has 1 saturated heterocycles. The van der Waals surface area contributed by atoms with Crippen LogP contribution in [0.5, 0.6) is 11.6 Å². The van der Waals surface area contributed by atoms with Gasteiger partial charge in [0.1, 0.15) is 11.4 Å². The van der Waals surface area contributed by atoms with Gasteiger partial charge in [0.15, 0.2) is 5.01 Å². The maximum atomic E-state index is 13.7. The number of carbonyl (C=O) groups excluding carboxylic acids is 1. The van der Waals surface area contributed by atoms with Gasteiger partial charge in [-0.1, -0.05) is 12.1 Å². The van der Waals surface area contributed by atoms with E-state index < -0.39 is 20.8 Å². The summed E-state index contributed by atoms with van der Waals surface area (Å²) in [6.07, 6.45) is 8.51. The highest BCUT2D eigenvalue weighted by molar-refractivity contribution is 7.93. The van der Waals surface area contributed by atoms with Crippen LogP contribution in [0.4, 0.5) is 5.69 Å². The second kappa shape index (κ2) is 13.1. The summed E-state index contributed by atoms with van der Waals surface area (Å²) in [5, 5.41) is 3.03. The molecule has 0 atom stereocenters. The lowest BCUT2D eigenvalue weighted by Gasteiger charge is -2.38. The van der Waals surface area contributed by atoms with Gasteiger partial charge in [0.25, 0.3) is 5.91 Å². The van der Waals surface area contributed by atoms with Gasteiger partial charge in [0, 0.05) is 25.6 Å². The molecule has 0 bridgehead atoms. The average Bonchev–Trinajstić information content (AvgIpc) is 3.82. The fourth-order valence-electron chi connectivity index (χ4n) is 5.22. The third-order valence-electron chi connectivity index (χ3n) is 7.82. The first kappa shape index (κ1) is 30.9. The molecule has 4 aromatic rings. The molecule has 3 aromatic heterocycles. The van der Waals surface area contributed by atoms with E-state index in [1.807, 2.05) is 31.2 Å². The molecule has 14 heteroatoms. The molecule has 45 heavy (non-hydrogen) atoms. The topological polar surface area (TPSA) is 146 Å². The van der Waals surface area contributed by atoms with Crippen LogP contribution >= 0.6 is 11.3 Å². The van der Waals surface area contributed by atoms with Crippen molar-refractivity contribution < 1.29 is 27.4 Å². The Balaban J connectivity index is 1.29. The molecule has 2 aliphatic rings. The Morgan fingerprint density at radius 3 is 2.60 bits per heavy atom. The standard InChI is InChI=1S/C31H34N6O6S2/c1-3-43-28-19-32-17-25(35-28)26-18-34-30(44-26)29(38)36-31(11-14-42-15-12-31)27-16-22(10-13-33-27)37(45(39,40)24-8-9-24)20-21-4-6-23(41-2)7-5-21/h4-7,10,13,16-19,24H,3,8-9,11-12,14-15,20H2,1-2H3,(H,36,38). The van der Waals surface area contributed by atoms with E-state index in [4.69, 9.17) is 14.2 Å². The molecule has 1 amide bonds. The Bertz CT molecular complexity index is 1750. The van der Waals surface area contributed by atoms with E-state index in [1.54, 1.807) is 37.8 Å². The number of thiazole rings is 1. The Morgan fingerprint density at radius 1 is 1.11 bits per heavy atom. The number of rotatable bonds is 12. The van der Waals surface area contributed by atoms with E-state index >= 15 is 0 Å². The first-order valence-corrected chi connectivity index (χ1v) is 17.1. The Kier molecular flexibility index (Phi) is 8.97. The van der Waals surface area contributed by atoms with Gasteiger partial charge in [-0.2, -0.15) is 0 Å². The zero-order chi connectivity index (χ0) is 31.4. The van der Waals surface area contributed by atoms with E-state index in [0.29, 0.717) is 79.1 Å². The quantitative estimate of drug-likeness (QED) is 0.235. The van der Waals surface area contributed by atoms with Crippen molar-refractivity contribution in [3.05, 3.63) is 77.5 Å². The van der Waals surface area contributed by atoms with Gasteiger partial charge < -0.3 is 19.5 Å². The monoisotopic (exact) mass is 650 g/mol. The summed E-state index contributed by atoms with van der Waals surface area (Å²) in [5.74, 6) is 0.722. The molecule has 0 unspecified atom stereocenters. The highest BCUT2D eigenvalue weighted by atomic mass is 32.2. The lowest BCUT2D eigenvalue weighted by molar-refractivity contribution is 0.0330. The van der Waals surface area contributed by atoms with Crippen molar-refractivity contribution >= 4 is 33.0 Å². The predicted molar refractivity (Wildman–Crippen MR) is 169 cm³/mol. The Labute approximate surface area is 265 Å². The van der Waals surface area contributed by atoms with Crippen molar-refractivity contribution in [2.24, 2.45) is 0 Å². The molecule has 4 heterocycles. The number of hydrogen-bond acceptors (Lipinski definition) is 11. The van der Waals surface area contributed by atoms with Crippen LogP contribution < -0.4 is 19.1 Å². The van der Waals surface area contributed by atoms with Gasteiger partial charge in [-0.25, -0.2) is 18.4 Å². The smallest absolute Gasteiger partial charge is 0.281 e. The number of carbonyl (C=O) groups is 1. The number of ether oxygens (including phenoxy) is 3. The molecule has 0 radical (unpaired) electrons. The van der Waals surface area contributed by atoms with Gasteiger partial charge in [0.2, 0.25) is 15.9 Å². The predicted octanol–water partition coefficient (Wildman–Crippen LogP) is 4.34. The summed E-state index contributed by atoms with van der Waals surface area (Å²) in [6, 6.07) is 10.8. The van der Waals surface area contributed by atoms with Crippen molar-refractivity contribution in [3.63, 3.8) is 0 Å². The largest absolute Gasteiger partial charge is 0.497 e. The van der Waals surface area contributed by atoms with Crippen LogP contribution in [-0.2, 0) is 26.8 Å². The minimum atomic E-state index is -3.62. The molecule has 1 aliphatic carbocycles. The number of amides is 1. The number of methoxy groups -OCH3 is 1. The summed E-state index contributed by atoms with van der Waals surface area (Å²) in [6.45, 7) is 3.30. The van der Waals surface area contributed by atoms with Crippen LogP contribution in [0.1, 0.15) is 53.7 Å². The van der Waals surface area contributed by atoms with Gasteiger partial charge in [0.05, 0.1) is 59.7 Å². The number of aromatic nitrogens is 4. The van der Waals surface area contributed by atoms with Crippen molar-refractivity contribution in [3.8, 4) is 22.2 Å². The second-order valence-electron chi connectivity index (χ2n) is 10.9. The summed E-state index contributed by atoms with van der Waals surface area (Å²) in [7, 11) is -2.04. The van der Waals surface area contributed by atoms with Crippen LogP contribution in [0.25, 0.3) is 10.6 Å². The molecule has 12 nitrogen and oxygen atoms in total. The molecule has 2 fully saturated rings. The molecule has 1 aliphatic heterocycles. The molecule has 1 aromatic carbocycles. The van der Waals surface area contributed by atoms with Gasteiger partial charge in [-0.3, -0.25) is 19.1 Å². The van der Waals surface area contributed by atoms with Crippen LogP contribution in [-0.4, -0.2) is 66.4 Å². The first-order valence-electron chi connectivity index (χ1n) is 14.7. The van der Waals surface area contributed by atoms with E-state index in [0.717, 1.165) is 5.56 Å². The molecule has 1 N–H and O–H groups in total. The number of nitrogens with one attached hydrogen (secondary N) is 1. The minimum absolute atomic E-state index is 0.157. The molecule has 6 rings (SSSR count). The number of pyridine rings is 1. The van der Waals surface area contributed by atoms with Crippen molar-refractivity contribution in [1.29, 1.82) is 0 Å². The molecule has 0 spiro atoms. The van der Waals surface area contributed by atoms with Crippen LogP contribution in [0.15, 0.2) is 61.2 Å². The Hall–Kier alpha value is -4.14. The fraction of sp³-hybridized carbons (Fsp3) is 0.387. The molecule has 1 saturated carbocycles. The normalized spacial score (nSPS) is 16.1. The van der Waals surface area contributed by atoms with E-state index in [2.05, 4.69) is 25.3 Å². The third kappa shape index (κ3) is 6.77. The summed E-state index contributed by atoms with van der Waals surface area (Å²) in [5.41, 5.74) is 1.55. The van der Waals surface area contributed by atoms with Gasteiger partial charge in [-0.15, -0.1) is 11.3 Å². The van der Waals surface area contributed by atoms with Gasteiger partial charge in [-0.05, 0) is 62.4 Å². The maximum absolute atomic E-state index is 13.7. The lowest BCUT2D eigenvalue weighted by atomic mass is 9.85. The average molecular weight is 651 g/mol. The number of hydrogen-bond donors (Lipinski definition) is 1. The zero-order valence-corrected chi connectivity index (χ0v) is 26.6. The Morgan fingerprint density at radius 2 is 1.89 bits per heavy atom. The maximum Gasteiger partial charge on any atom is 0.281 e. The van der Waals surface area contributed by atoms with Crippen molar-refractivity contribution in [2.75, 3.05) is 31.2 Å². The van der Waals surface area contributed by atoms with E-state index in [1.165, 1.54) is 21.8 Å². The number of benzene rings is 1. The summed E-state index contributed by atoms with van der Waals surface area (Å²) >= 11 is 1.20.